The van der Waals surface area contributed by atoms with E-state index in [1.807, 2.05) is 18.2 Å². The van der Waals surface area contributed by atoms with Crippen molar-refractivity contribution in [3.05, 3.63) is 70.1 Å². The van der Waals surface area contributed by atoms with Gasteiger partial charge in [-0.15, -0.1) is 0 Å². The van der Waals surface area contributed by atoms with Crippen molar-refractivity contribution in [3.63, 3.8) is 0 Å². The van der Waals surface area contributed by atoms with Crippen LogP contribution in [0.3, 0.4) is 0 Å². The quantitative estimate of drug-likeness (QED) is 0.805. The van der Waals surface area contributed by atoms with Gasteiger partial charge in [0.25, 0.3) is 5.91 Å². The van der Waals surface area contributed by atoms with E-state index in [2.05, 4.69) is 42.3 Å². The van der Waals surface area contributed by atoms with E-state index in [4.69, 9.17) is 5.73 Å². The summed E-state index contributed by atoms with van der Waals surface area (Å²) in [7, 11) is 3.57. The van der Waals surface area contributed by atoms with Crippen molar-refractivity contribution >= 4 is 5.91 Å². The first-order valence-corrected chi connectivity index (χ1v) is 10.5. The molecule has 1 fully saturated rings. The van der Waals surface area contributed by atoms with Gasteiger partial charge in [-0.25, -0.2) is 0 Å². The minimum absolute atomic E-state index is 0.0580. The van der Waals surface area contributed by atoms with E-state index < -0.39 is 0 Å². The van der Waals surface area contributed by atoms with Gasteiger partial charge >= 0.3 is 0 Å². The van der Waals surface area contributed by atoms with Crippen LogP contribution < -0.4 is 11.1 Å². The zero-order valence-corrected chi connectivity index (χ0v) is 18.2. The summed E-state index contributed by atoms with van der Waals surface area (Å²) in [5.41, 5.74) is 12.7. The average molecular weight is 395 g/mol. The SMILES string of the molecule is CC1=C(/C=C(\C)CN2CCC(c3ccc(C(=O)N(C)C)cc3)CC2)C(N)=CCN1. The summed E-state index contributed by atoms with van der Waals surface area (Å²) >= 11 is 0. The molecule has 0 radical (unpaired) electrons. The highest BCUT2D eigenvalue weighted by molar-refractivity contribution is 5.93. The molecule has 5 nitrogen and oxygen atoms in total. The molecule has 0 aromatic heterocycles. The van der Waals surface area contributed by atoms with E-state index in [1.54, 1.807) is 19.0 Å². The third kappa shape index (κ3) is 5.30. The molecule has 1 aromatic carbocycles. The Morgan fingerprint density at radius 2 is 1.90 bits per heavy atom. The smallest absolute Gasteiger partial charge is 0.253 e. The molecular formula is C24H34N4O. The predicted molar refractivity (Wildman–Crippen MR) is 120 cm³/mol. The van der Waals surface area contributed by atoms with Crippen LogP contribution in [0, 0.1) is 0 Å². The lowest BCUT2D eigenvalue weighted by molar-refractivity contribution is 0.0827. The topological polar surface area (TPSA) is 61.6 Å². The Kier molecular flexibility index (Phi) is 6.80. The third-order valence-corrected chi connectivity index (χ3v) is 5.89. The Morgan fingerprint density at radius 3 is 2.48 bits per heavy atom. The molecule has 156 valence electrons. The third-order valence-electron chi connectivity index (χ3n) is 5.89. The van der Waals surface area contributed by atoms with Crippen LogP contribution in [0.1, 0.15) is 48.5 Å². The number of amides is 1. The van der Waals surface area contributed by atoms with Crippen LogP contribution in [0.15, 0.2) is 59.0 Å². The monoisotopic (exact) mass is 394 g/mol. The van der Waals surface area contributed by atoms with E-state index >= 15 is 0 Å². The Bertz CT molecular complexity index is 825. The number of nitrogens with one attached hydrogen (secondary N) is 1. The maximum Gasteiger partial charge on any atom is 0.253 e. The highest BCUT2D eigenvalue weighted by atomic mass is 16.2. The van der Waals surface area contributed by atoms with Crippen molar-refractivity contribution in [1.82, 2.24) is 15.1 Å². The number of hydrogen-bond donors (Lipinski definition) is 2. The number of carbonyl (C=O) groups is 1. The molecule has 0 aliphatic carbocycles. The minimum Gasteiger partial charge on any atom is -0.398 e. The number of nitrogens with zero attached hydrogens (tertiary/aromatic N) is 2. The summed E-state index contributed by atoms with van der Waals surface area (Å²) < 4.78 is 0. The van der Waals surface area contributed by atoms with Crippen LogP contribution in [0.2, 0.25) is 0 Å². The van der Waals surface area contributed by atoms with Gasteiger partial charge < -0.3 is 16.0 Å². The Balaban J connectivity index is 1.55. The first kappa shape index (κ1) is 21.2. The lowest BCUT2D eigenvalue weighted by Gasteiger charge is -2.32. The highest BCUT2D eigenvalue weighted by Crippen LogP contribution is 2.29. The van der Waals surface area contributed by atoms with E-state index in [1.165, 1.54) is 11.1 Å². The number of likely N-dealkylation sites (tertiary alicyclic amines) is 1. The highest BCUT2D eigenvalue weighted by Gasteiger charge is 2.21. The summed E-state index contributed by atoms with van der Waals surface area (Å²) in [6.45, 7) is 8.25. The minimum atomic E-state index is 0.0580. The van der Waals surface area contributed by atoms with Crippen molar-refractivity contribution in [3.8, 4) is 0 Å². The van der Waals surface area contributed by atoms with Gasteiger partial charge in [0.2, 0.25) is 0 Å². The van der Waals surface area contributed by atoms with Gasteiger partial charge in [0.15, 0.2) is 0 Å². The molecule has 0 atom stereocenters. The van der Waals surface area contributed by atoms with Gasteiger partial charge in [-0.2, -0.15) is 0 Å². The van der Waals surface area contributed by atoms with E-state index in [0.717, 1.165) is 61.6 Å². The average Bonchev–Trinajstić information content (AvgIpc) is 2.71. The lowest BCUT2D eigenvalue weighted by Crippen LogP contribution is -2.34. The van der Waals surface area contributed by atoms with Gasteiger partial charge in [-0.05, 0) is 69.5 Å². The zero-order chi connectivity index (χ0) is 21.0. The van der Waals surface area contributed by atoms with Gasteiger partial charge in [0.05, 0.1) is 0 Å². The summed E-state index contributed by atoms with van der Waals surface area (Å²) in [5, 5.41) is 3.35. The number of hydrogen-bond acceptors (Lipinski definition) is 4. The fraction of sp³-hybridized carbons (Fsp3) is 0.458. The molecule has 1 amide bonds. The molecule has 0 bridgehead atoms. The summed E-state index contributed by atoms with van der Waals surface area (Å²) in [6, 6.07) is 8.18. The molecule has 1 aromatic rings. The largest absolute Gasteiger partial charge is 0.398 e. The van der Waals surface area contributed by atoms with Crippen LogP contribution in [0.4, 0.5) is 0 Å². The zero-order valence-electron chi connectivity index (χ0n) is 18.2. The Labute approximate surface area is 174 Å². The second-order valence-electron chi connectivity index (χ2n) is 8.44. The molecule has 3 rings (SSSR count). The number of carbonyl (C=O) groups excluding carboxylic acids is 1. The number of dihydropyridines is 1. The molecule has 3 N–H and O–H groups in total. The molecule has 2 aliphatic rings. The molecule has 0 unspecified atom stereocenters. The second-order valence-corrected chi connectivity index (χ2v) is 8.44. The maximum atomic E-state index is 12.1. The lowest BCUT2D eigenvalue weighted by atomic mass is 9.88. The molecular weight excluding hydrogens is 360 g/mol. The Hall–Kier alpha value is -2.53. The number of allylic oxidation sites excluding steroid dienone is 2. The number of benzene rings is 1. The molecule has 2 aliphatic heterocycles. The standard InChI is InChI=1S/C24H34N4O/c1-17(15-22-18(2)26-12-9-23(22)25)16-28-13-10-20(11-14-28)19-5-7-21(8-6-19)24(29)27(3)4/h5-9,15,20,26H,10-14,16,25H2,1-4H3/b17-15+. The fourth-order valence-electron chi connectivity index (χ4n) is 4.15. The number of rotatable bonds is 5. The molecule has 2 heterocycles. The summed E-state index contributed by atoms with van der Waals surface area (Å²) in [5.74, 6) is 0.632. The second kappa shape index (κ2) is 9.31. The van der Waals surface area contributed by atoms with Gasteiger partial charge in [0.1, 0.15) is 0 Å². The molecule has 0 saturated carbocycles. The predicted octanol–water partition coefficient (Wildman–Crippen LogP) is 3.23. The van der Waals surface area contributed by atoms with Crippen molar-refractivity contribution < 1.29 is 4.79 Å². The van der Waals surface area contributed by atoms with Crippen LogP contribution in [-0.4, -0.2) is 56.0 Å². The Morgan fingerprint density at radius 1 is 1.24 bits per heavy atom. The van der Waals surface area contributed by atoms with Gasteiger partial charge in [-0.1, -0.05) is 23.8 Å². The first-order chi connectivity index (χ1) is 13.8. The van der Waals surface area contributed by atoms with E-state index in [-0.39, 0.29) is 5.91 Å². The fourth-order valence-corrected chi connectivity index (χ4v) is 4.15. The normalized spacial score (nSPS) is 19.0. The molecule has 0 spiro atoms. The van der Waals surface area contributed by atoms with Crippen molar-refractivity contribution in [2.75, 3.05) is 40.3 Å². The van der Waals surface area contributed by atoms with Crippen LogP contribution in [0.25, 0.3) is 0 Å². The summed E-state index contributed by atoms with van der Waals surface area (Å²) in [6.07, 6.45) is 6.56. The van der Waals surface area contributed by atoms with E-state index in [0.29, 0.717) is 5.92 Å². The molecule has 29 heavy (non-hydrogen) atoms. The molecule has 1 saturated heterocycles. The summed E-state index contributed by atoms with van der Waals surface area (Å²) in [4.78, 5) is 16.2. The molecule has 5 heteroatoms. The van der Waals surface area contributed by atoms with Gasteiger partial charge in [0, 0.05) is 49.7 Å². The van der Waals surface area contributed by atoms with Crippen molar-refractivity contribution in [2.45, 2.75) is 32.6 Å². The van der Waals surface area contributed by atoms with Crippen LogP contribution >= 0.6 is 0 Å². The van der Waals surface area contributed by atoms with Crippen molar-refractivity contribution in [1.29, 1.82) is 0 Å². The number of piperidine rings is 1. The van der Waals surface area contributed by atoms with Crippen LogP contribution in [-0.2, 0) is 0 Å². The maximum absolute atomic E-state index is 12.1. The van der Waals surface area contributed by atoms with Crippen molar-refractivity contribution in [2.24, 2.45) is 5.73 Å². The number of nitrogens with two attached hydrogens (primary N) is 1. The van der Waals surface area contributed by atoms with Gasteiger partial charge in [-0.3, -0.25) is 9.69 Å². The first-order valence-electron chi connectivity index (χ1n) is 10.5. The van der Waals surface area contributed by atoms with E-state index in [9.17, 15) is 4.79 Å². The van der Waals surface area contributed by atoms with Crippen LogP contribution in [0.5, 0.6) is 0 Å².